The first-order valence-electron chi connectivity index (χ1n) is 9.79. The van der Waals surface area contributed by atoms with Gasteiger partial charge in [-0.15, -0.1) is 0 Å². The first-order chi connectivity index (χ1) is 14.3. The van der Waals surface area contributed by atoms with Crippen molar-refractivity contribution in [2.75, 3.05) is 4.90 Å². The standard InChI is InChI=1S/C26H18BrNO/c27-19-9-11-25-23(13-19)24-14-20(10-12-26(24)29-25)28-15-17-5-1-3-7-21(17)22-8-4-2-6-18(22)16-28/h1-14H,15-16H2. The Bertz CT molecular complexity index is 1340. The molecule has 1 aliphatic rings. The number of furan rings is 1. The summed E-state index contributed by atoms with van der Waals surface area (Å²) in [6.45, 7) is 1.77. The summed E-state index contributed by atoms with van der Waals surface area (Å²) in [6.07, 6.45) is 0. The lowest BCUT2D eigenvalue weighted by Gasteiger charge is -2.24. The summed E-state index contributed by atoms with van der Waals surface area (Å²) in [5.74, 6) is 0. The van der Waals surface area contributed by atoms with Crippen molar-refractivity contribution >= 4 is 43.6 Å². The lowest BCUT2D eigenvalue weighted by molar-refractivity contribution is 0.668. The third kappa shape index (κ3) is 2.77. The average Bonchev–Trinajstić information content (AvgIpc) is 3.01. The van der Waals surface area contributed by atoms with E-state index < -0.39 is 0 Å². The molecule has 4 aromatic carbocycles. The zero-order valence-electron chi connectivity index (χ0n) is 15.7. The predicted molar refractivity (Wildman–Crippen MR) is 123 cm³/mol. The highest BCUT2D eigenvalue weighted by Gasteiger charge is 2.20. The molecule has 0 saturated carbocycles. The van der Waals surface area contributed by atoms with Gasteiger partial charge in [0.1, 0.15) is 11.2 Å². The van der Waals surface area contributed by atoms with Gasteiger partial charge in [-0.3, -0.25) is 0 Å². The molecule has 0 saturated heterocycles. The summed E-state index contributed by atoms with van der Waals surface area (Å²) in [5, 5.41) is 2.30. The zero-order valence-corrected chi connectivity index (χ0v) is 17.3. The van der Waals surface area contributed by atoms with E-state index in [1.165, 1.54) is 27.9 Å². The van der Waals surface area contributed by atoms with Crippen molar-refractivity contribution in [2.24, 2.45) is 0 Å². The maximum Gasteiger partial charge on any atom is 0.135 e. The number of hydrogen-bond acceptors (Lipinski definition) is 2. The lowest BCUT2D eigenvalue weighted by atomic mass is 9.97. The molecule has 2 heterocycles. The van der Waals surface area contributed by atoms with Gasteiger partial charge in [0.2, 0.25) is 0 Å². The molecule has 6 rings (SSSR count). The second-order valence-electron chi connectivity index (χ2n) is 7.59. The largest absolute Gasteiger partial charge is 0.456 e. The van der Waals surface area contributed by atoms with Crippen molar-refractivity contribution in [1.82, 2.24) is 0 Å². The molecular weight excluding hydrogens is 422 g/mol. The Balaban J connectivity index is 1.52. The smallest absolute Gasteiger partial charge is 0.135 e. The van der Waals surface area contributed by atoms with Crippen molar-refractivity contribution in [3.8, 4) is 11.1 Å². The van der Waals surface area contributed by atoms with Gasteiger partial charge in [0.25, 0.3) is 0 Å². The third-order valence-corrected chi connectivity index (χ3v) is 6.32. The Hall–Kier alpha value is -3.04. The van der Waals surface area contributed by atoms with Crippen LogP contribution in [0.15, 0.2) is 93.8 Å². The van der Waals surface area contributed by atoms with Gasteiger partial charge in [-0.05, 0) is 58.7 Å². The quantitative estimate of drug-likeness (QED) is 0.268. The fourth-order valence-electron chi connectivity index (χ4n) is 4.43. The second kappa shape index (κ2) is 6.50. The SMILES string of the molecule is Brc1ccc2oc3ccc(N4Cc5ccccc5-c5ccccc5C4)cc3c2c1. The highest BCUT2D eigenvalue weighted by atomic mass is 79.9. The second-order valence-corrected chi connectivity index (χ2v) is 8.51. The monoisotopic (exact) mass is 439 g/mol. The van der Waals surface area contributed by atoms with Crippen molar-refractivity contribution in [3.63, 3.8) is 0 Å². The van der Waals surface area contributed by atoms with E-state index in [1.54, 1.807) is 0 Å². The van der Waals surface area contributed by atoms with Gasteiger partial charge < -0.3 is 9.32 Å². The van der Waals surface area contributed by atoms with Crippen molar-refractivity contribution < 1.29 is 4.42 Å². The van der Waals surface area contributed by atoms with Crippen LogP contribution < -0.4 is 4.90 Å². The highest BCUT2D eigenvalue weighted by molar-refractivity contribution is 9.10. The fourth-order valence-corrected chi connectivity index (χ4v) is 4.79. The van der Waals surface area contributed by atoms with Crippen LogP contribution in [0.2, 0.25) is 0 Å². The van der Waals surface area contributed by atoms with Crippen LogP contribution in [0.5, 0.6) is 0 Å². The first-order valence-corrected chi connectivity index (χ1v) is 10.6. The minimum Gasteiger partial charge on any atom is -0.456 e. The molecule has 29 heavy (non-hydrogen) atoms. The molecule has 0 N–H and O–H groups in total. The van der Waals surface area contributed by atoms with Crippen LogP contribution in [0.1, 0.15) is 11.1 Å². The Morgan fingerprint density at radius 3 is 1.93 bits per heavy atom. The molecule has 0 aliphatic carbocycles. The van der Waals surface area contributed by atoms with E-state index >= 15 is 0 Å². The van der Waals surface area contributed by atoms with Gasteiger partial charge in [-0.1, -0.05) is 64.5 Å². The Morgan fingerprint density at radius 1 is 0.655 bits per heavy atom. The minimum absolute atomic E-state index is 0.885. The number of rotatable bonds is 1. The molecule has 0 bridgehead atoms. The molecule has 1 aliphatic heterocycles. The molecule has 140 valence electrons. The third-order valence-electron chi connectivity index (χ3n) is 5.83. The van der Waals surface area contributed by atoms with E-state index in [-0.39, 0.29) is 0 Å². The van der Waals surface area contributed by atoms with E-state index in [0.717, 1.165) is 39.5 Å². The van der Waals surface area contributed by atoms with Gasteiger partial charge >= 0.3 is 0 Å². The van der Waals surface area contributed by atoms with Gasteiger partial charge in [0.05, 0.1) is 0 Å². The summed E-state index contributed by atoms with van der Waals surface area (Å²) >= 11 is 3.59. The van der Waals surface area contributed by atoms with Gasteiger partial charge in [0.15, 0.2) is 0 Å². The molecule has 0 spiro atoms. The normalized spacial score (nSPS) is 13.3. The number of hydrogen-bond donors (Lipinski definition) is 0. The molecule has 0 unspecified atom stereocenters. The van der Waals surface area contributed by atoms with E-state index in [0.29, 0.717) is 0 Å². The van der Waals surface area contributed by atoms with Gasteiger partial charge in [-0.25, -0.2) is 0 Å². The maximum atomic E-state index is 6.05. The molecule has 0 amide bonds. The molecule has 5 aromatic rings. The Kier molecular flexibility index (Phi) is 3.78. The molecule has 2 nitrogen and oxygen atoms in total. The molecule has 3 heteroatoms. The van der Waals surface area contributed by atoms with Gasteiger partial charge in [0, 0.05) is 34.0 Å². The average molecular weight is 440 g/mol. The van der Waals surface area contributed by atoms with Crippen molar-refractivity contribution in [3.05, 3.63) is 101 Å². The van der Waals surface area contributed by atoms with Crippen LogP contribution in [0.4, 0.5) is 5.69 Å². The molecule has 1 aromatic heterocycles. The van der Waals surface area contributed by atoms with Crippen LogP contribution in [0, 0.1) is 0 Å². The number of fused-ring (bicyclic) bond motifs is 6. The zero-order chi connectivity index (χ0) is 19.4. The van der Waals surface area contributed by atoms with E-state index in [9.17, 15) is 0 Å². The topological polar surface area (TPSA) is 16.4 Å². The summed E-state index contributed by atoms with van der Waals surface area (Å²) in [7, 11) is 0. The van der Waals surface area contributed by atoms with E-state index in [2.05, 4.69) is 93.6 Å². The Labute approximate surface area is 177 Å². The number of halogens is 1. The van der Waals surface area contributed by atoms with E-state index in [1.807, 2.05) is 12.1 Å². The summed E-state index contributed by atoms with van der Waals surface area (Å²) in [4.78, 5) is 2.46. The van der Waals surface area contributed by atoms with Crippen molar-refractivity contribution in [2.45, 2.75) is 13.1 Å². The maximum absolute atomic E-state index is 6.05. The molecule has 0 atom stereocenters. The molecular formula is C26H18BrNO. The van der Waals surface area contributed by atoms with Crippen LogP contribution in [0.25, 0.3) is 33.1 Å². The summed E-state index contributed by atoms with van der Waals surface area (Å²) in [5.41, 5.74) is 8.46. The fraction of sp³-hybridized carbons (Fsp3) is 0.0769. The predicted octanol–water partition coefficient (Wildman–Crippen LogP) is 7.54. The minimum atomic E-state index is 0.885. The van der Waals surface area contributed by atoms with Gasteiger partial charge in [-0.2, -0.15) is 0 Å². The first kappa shape index (κ1) is 16.9. The molecule has 0 fully saturated rings. The van der Waals surface area contributed by atoms with Crippen molar-refractivity contribution in [1.29, 1.82) is 0 Å². The number of nitrogens with zero attached hydrogens (tertiary/aromatic N) is 1. The lowest BCUT2D eigenvalue weighted by Crippen LogP contribution is -2.20. The molecule has 0 radical (unpaired) electrons. The summed E-state index contributed by atoms with van der Waals surface area (Å²) < 4.78 is 7.11. The van der Waals surface area contributed by atoms with Crippen LogP contribution >= 0.6 is 15.9 Å². The van der Waals surface area contributed by atoms with Crippen LogP contribution in [0.3, 0.4) is 0 Å². The Morgan fingerprint density at radius 2 is 1.24 bits per heavy atom. The van der Waals surface area contributed by atoms with Crippen LogP contribution in [-0.2, 0) is 13.1 Å². The van der Waals surface area contributed by atoms with Crippen LogP contribution in [-0.4, -0.2) is 0 Å². The highest BCUT2D eigenvalue weighted by Crippen LogP contribution is 2.37. The number of anilines is 1. The summed E-state index contributed by atoms with van der Waals surface area (Å²) in [6, 6.07) is 30.2. The number of benzene rings is 4. The van der Waals surface area contributed by atoms with E-state index in [4.69, 9.17) is 4.42 Å².